The van der Waals surface area contributed by atoms with Crippen LogP contribution in [0, 0.1) is 0 Å². The van der Waals surface area contributed by atoms with Crippen LogP contribution in [0.1, 0.15) is 31.1 Å². The first-order valence-corrected chi connectivity index (χ1v) is 7.97. The summed E-state index contributed by atoms with van der Waals surface area (Å²) in [6, 6.07) is 3.87. The average molecular weight is 398 g/mol. The molecule has 7 nitrogen and oxygen atoms in total. The maximum absolute atomic E-state index is 11.5. The van der Waals surface area contributed by atoms with Crippen LogP contribution in [0.3, 0.4) is 0 Å². The van der Waals surface area contributed by atoms with Gasteiger partial charge in [-0.05, 0) is 51.1 Å². The van der Waals surface area contributed by atoms with E-state index < -0.39 is 11.6 Å². The number of carboxylic acids is 1. The molecular weight excluding hydrogens is 377 g/mol. The fourth-order valence-corrected chi connectivity index (χ4v) is 1.54. The Morgan fingerprint density at radius 1 is 1.15 bits per heavy atom. The second kappa shape index (κ2) is 11.2. The van der Waals surface area contributed by atoms with Crippen molar-refractivity contribution in [3.05, 3.63) is 59.8 Å². The van der Waals surface area contributed by atoms with Crippen LogP contribution in [-0.4, -0.2) is 32.7 Å². The number of allylic oxidation sites excluding steroid dienone is 5. The van der Waals surface area contributed by atoms with Gasteiger partial charge in [0, 0.05) is 11.8 Å². The number of carbonyl (C=O) groups excluding carboxylic acids is 1. The molecule has 8 heteroatoms. The molecule has 4 N–H and O–H groups in total. The molecule has 1 aliphatic carbocycles. The first-order valence-electron chi connectivity index (χ1n) is 7.40. The maximum atomic E-state index is 11.5. The molecule has 0 saturated carbocycles. The third-order valence-corrected chi connectivity index (χ3v) is 2.55. The Labute approximate surface area is 160 Å². The van der Waals surface area contributed by atoms with Crippen molar-refractivity contribution in [1.29, 1.82) is 0 Å². The number of hydrogen-bond donors (Lipinski definition) is 4. The zero-order valence-electron chi connectivity index (χ0n) is 14.6. The number of aliphatic hydroxyl groups is 1. The van der Waals surface area contributed by atoms with Gasteiger partial charge in [0.15, 0.2) is 5.78 Å². The first kappa shape index (κ1) is 23.5. The molecule has 0 bridgehead atoms. The number of phenols is 1. The minimum atomic E-state index is -1.09. The van der Waals surface area contributed by atoms with E-state index in [1.54, 1.807) is 39.0 Å². The van der Waals surface area contributed by atoms with E-state index in [0.29, 0.717) is 5.57 Å². The SMILES string of the molecule is CC(C)(C)O.O=C1C=CC=C/C1=C/Nc1cc(C(=O)O)ccc1O.[O]=[V]. The average Bonchev–Trinajstić information content (AvgIpc) is 2.55. The zero-order valence-corrected chi connectivity index (χ0v) is 16.0. The third kappa shape index (κ3) is 9.73. The van der Waals surface area contributed by atoms with E-state index in [1.807, 2.05) is 0 Å². The Balaban J connectivity index is 0.000000772. The van der Waals surface area contributed by atoms with Gasteiger partial charge >= 0.3 is 27.0 Å². The van der Waals surface area contributed by atoms with E-state index in [4.69, 9.17) is 13.9 Å². The molecule has 1 aromatic carbocycles. The molecule has 0 heterocycles. The van der Waals surface area contributed by atoms with Crippen molar-refractivity contribution in [3.63, 3.8) is 0 Å². The molecule has 0 fully saturated rings. The van der Waals surface area contributed by atoms with Crippen molar-refractivity contribution in [2.45, 2.75) is 26.4 Å². The van der Waals surface area contributed by atoms with E-state index >= 15 is 0 Å². The molecule has 1 aliphatic rings. The summed E-state index contributed by atoms with van der Waals surface area (Å²) in [4.78, 5) is 22.3. The second-order valence-corrected chi connectivity index (χ2v) is 6.03. The fraction of sp³-hybridized carbons (Fsp3) is 0.222. The molecule has 2 rings (SSSR count). The normalized spacial score (nSPS) is 14.0. The van der Waals surface area contributed by atoms with Crippen LogP contribution in [-0.2, 0) is 25.8 Å². The molecule has 0 aromatic heterocycles. The van der Waals surface area contributed by atoms with Gasteiger partial charge in [0.2, 0.25) is 0 Å². The van der Waals surface area contributed by atoms with Crippen LogP contribution < -0.4 is 5.32 Å². The Morgan fingerprint density at radius 2 is 1.69 bits per heavy atom. The van der Waals surface area contributed by atoms with E-state index in [2.05, 4.69) is 5.32 Å². The van der Waals surface area contributed by atoms with Gasteiger partial charge in [0.05, 0.1) is 16.9 Å². The second-order valence-electron chi connectivity index (χ2n) is 6.03. The number of rotatable bonds is 3. The van der Waals surface area contributed by atoms with Crippen LogP contribution in [0.4, 0.5) is 5.69 Å². The van der Waals surface area contributed by atoms with Gasteiger partial charge in [-0.15, -0.1) is 0 Å². The number of aromatic carboxylic acids is 1. The molecule has 26 heavy (non-hydrogen) atoms. The quantitative estimate of drug-likeness (QED) is 0.456. The summed E-state index contributed by atoms with van der Waals surface area (Å²) in [6.07, 6.45) is 7.79. The van der Waals surface area contributed by atoms with E-state index in [1.165, 1.54) is 30.5 Å². The molecule has 0 amide bonds. The van der Waals surface area contributed by atoms with Crippen LogP contribution in [0.25, 0.3) is 0 Å². The predicted molar refractivity (Wildman–Crippen MR) is 92.7 cm³/mol. The molecular formula is C18H21NO6V. The molecule has 139 valence electrons. The topological polar surface area (TPSA) is 124 Å². The summed E-state index contributed by atoms with van der Waals surface area (Å²) in [6.45, 7) is 5.23. The summed E-state index contributed by atoms with van der Waals surface area (Å²) in [7, 11) is 0. The number of anilines is 1. The van der Waals surface area contributed by atoms with Crippen molar-refractivity contribution in [2.24, 2.45) is 0 Å². The summed E-state index contributed by atoms with van der Waals surface area (Å²) < 4.78 is 8.19. The van der Waals surface area contributed by atoms with Crippen molar-refractivity contribution in [3.8, 4) is 5.75 Å². The number of benzene rings is 1. The first-order chi connectivity index (χ1) is 12.1. The molecule has 0 spiro atoms. The van der Waals surface area contributed by atoms with Gasteiger partial charge in [-0.1, -0.05) is 12.2 Å². The van der Waals surface area contributed by atoms with Gasteiger partial charge in [-0.2, -0.15) is 0 Å². The van der Waals surface area contributed by atoms with Gasteiger partial charge in [0.25, 0.3) is 0 Å². The van der Waals surface area contributed by atoms with Gasteiger partial charge < -0.3 is 20.6 Å². The summed E-state index contributed by atoms with van der Waals surface area (Å²) in [5.41, 5.74) is 0.190. The Kier molecular flexibility index (Phi) is 10.1. The summed E-state index contributed by atoms with van der Waals surface area (Å²) in [5.74, 6) is -1.35. The van der Waals surface area contributed by atoms with Crippen LogP contribution in [0.5, 0.6) is 5.75 Å². The van der Waals surface area contributed by atoms with Crippen LogP contribution in [0.15, 0.2) is 54.3 Å². The molecule has 0 radical (unpaired) electrons. The standard InChI is InChI=1S/C14H11NO4.C4H10O.O.V/c16-12-4-2-1-3-10(12)8-15-11-7-9(14(18)19)5-6-13(11)17;1-4(2,3)5;;/h1-8,15,17H,(H,18,19);5H,1-3H3;;/b10-8-;;;. The van der Waals surface area contributed by atoms with Crippen molar-refractivity contribution in [2.75, 3.05) is 5.32 Å². The minimum absolute atomic E-state index is 0.0455. The summed E-state index contributed by atoms with van der Waals surface area (Å²) in [5, 5.41) is 29.7. The third-order valence-electron chi connectivity index (χ3n) is 2.55. The number of aromatic hydroxyl groups is 1. The Hall–Kier alpha value is -2.48. The number of ketones is 1. The number of nitrogens with one attached hydrogen (secondary N) is 1. The van der Waals surface area contributed by atoms with Gasteiger partial charge in [-0.25, -0.2) is 4.79 Å². The molecule has 0 saturated heterocycles. The van der Waals surface area contributed by atoms with Crippen LogP contribution >= 0.6 is 0 Å². The van der Waals surface area contributed by atoms with Crippen LogP contribution in [0.2, 0.25) is 0 Å². The Morgan fingerprint density at radius 3 is 2.19 bits per heavy atom. The van der Waals surface area contributed by atoms with Crippen molar-refractivity contribution < 1.29 is 46.0 Å². The van der Waals surface area contributed by atoms with Crippen molar-refractivity contribution in [1.82, 2.24) is 0 Å². The van der Waals surface area contributed by atoms with E-state index in [9.17, 15) is 14.7 Å². The number of carboxylic acid groups (broad SMARTS) is 1. The molecule has 0 aliphatic heterocycles. The van der Waals surface area contributed by atoms with Crippen molar-refractivity contribution >= 4 is 17.4 Å². The molecule has 0 atom stereocenters. The van der Waals surface area contributed by atoms with Gasteiger partial charge in [-0.3, -0.25) is 4.79 Å². The number of carbonyl (C=O) groups is 2. The van der Waals surface area contributed by atoms with E-state index in [-0.39, 0.29) is 22.8 Å². The zero-order chi connectivity index (χ0) is 20.3. The predicted octanol–water partition coefficient (Wildman–Crippen LogP) is 2.74. The number of phenolic OH excluding ortho intramolecular Hbond substituents is 1. The summed E-state index contributed by atoms with van der Waals surface area (Å²) >= 11 is 1.06. The number of hydrogen-bond acceptors (Lipinski definition) is 6. The molecule has 1 aromatic rings. The monoisotopic (exact) mass is 398 g/mol. The molecule has 0 unspecified atom stereocenters. The Bertz CT molecular complexity index is 726. The van der Waals surface area contributed by atoms with Gasteiger partial charge in [0.1, 0.15) is 5.75 Å². The fourth-order valence-electron chi connectivity index (χ4n) is 1.54. The van der Waals surface area contributed by atoms with E-state index in [0.717, 1.165) is 17.4 Å².